The minimum absolute atomic E-state index is 0.511. The topological polar surface area (TPSA) is 52.0 Å². The van der Waals surface area contributed by atoms with E-state index >= 15 is 0 Å². The van der Waals surface area contributed by atoms with Crippen molar-refractivity contribution in [1.29, 1.82) is 0 Å². The molecule has 0 atom stereocenters. The number of nitrogen functional groups attached to an aromatic ring is 1. The average Bonchev–Trinajstić information content (AvgIpc) is 2.75. The molecule has 2 aromatic rings. The van der Waals surface area contributed by atoms with E-state index in [9.17, 15) is 0 Å². The molecule has 3 nitrogen and oxygen atoms in total. The Hall–Kier alpha value is -1.77. The van der Waals surface area contributed by atoms with Crippen molar-refractivity contribution >= 4 is 5.82 Å². The first-order valence-corrected chi connectivity index (χ1v) is 7.49. The van der Waals surface area contributed by atoms with Crippen LogP contribution in [0.4, 0.5) is 5.82 Å². The van der Waals surface area contributed by atoms with Crippen LogP contribution in [0, 0.1) is 5.92 Å². The highest BCUT2D eigenvalue weighted by atomic mass is 16.5. The minimum atomic E-state index is 0.511. The number of nitrogens with zero attached hydrogens (tertiary/aromatic N) is 1. The van der Waals surface area contributed by atoms with Gasteiger partial charge in [-0.2, -0.15) is 0 Å². The van der Waals surface area contributed by atoms with Gasteiger partial charge in [-0.1, -0.05) is 62.5 Å². The number of hydrogen-bond acceptors (Lipinski definition) is 3. The number of anilines is 1. The van der Waals surface area contributed by atoms with Crippen LogP contribution in [-0.2, 0) is 6.42 Å². The molecule has 0 aliphatic heterocycles. The fraction of sp³-hybridized carbons (Fsp3) is 0.471. The van der Waals surface area contributed by atoms with Crippen LogP contribution < -0.4 is 5.73 Å². The maximum absolute atomic E-state index is 6.00. The van der Waals surface area contributed by atoms with E-state index < -0.39 is 0 Å². The molecular formula is C17H22N2O. The Labute approximate surface area is 120 Å². The Kier molecular flexibility index (Phi) is 3.51. The molecule has 0 radical (unpaired) electrons. The summed E-state index contributed by atoms with van der Waals surface area (Å²) in [6.07, 6.45) is 4.90. The first-order valence-electron chi connectivity index (χ1n) is 7.49. The summed E-state index contributed by atoms with van der Waals surface area (Å²) in [7, 11) is 0. The molecule has 1 aliphatic rings. The molecule has 106 valence electrons. The summed E-state index contributed by atoms with van der Waals surface area (Å²) in [6, 6.07) is 8.59. The second kappa shape index (κ2) is 5.31. The SMILES string of the molecule is CC(C)c1ccc(-c2c(N)noc2CC2CCC2)cc1. The number of aromatic nitrogens is 1. The summed E-state index contributed by atoms with van der Waals surface area (Å²) in [4.78, 5) is 0. The molecule has 3 heteroatoms. The first-order chi connectivity index (χ1) is 9.65. The van der Waals surface area contributed by atoms with Crippen LogP contribution in [0.5, 0.6) is 0 Å². The number of nitrogens with two attached hydrogens (primary N) is 1. The van der Waals surface area contributed by atoms with Crippen LogP contribution in [0.1, 0.15) is 50.4 Å². The van der Waals surface area contributed by atoms with Gasteiger partial charge in [0.1, 0.15) is 5.76 Å². The molecule has 2 N–H and O–H groups in total. The largest absolute Gasteiger partial charge is 0.380 e. The van der Waals surface area contributed by atoms with Crippen LogP contribution in [0.15, 0.2) is 28.8 Å². The predicted molar refractivity (Wildman–Crippen MR) is 81.5 cm³/mol. The lowest BCUT2D eigenvalue weighted by molar-refractivity contribution is 0.279. The van der Waals surface area contributed by atoms with Gasteiger partial charge in [-0.15, -0.1) is 0 Å². The van der Waals surface area contributed by atoms with E-state index in [1.54, 1.807) is 0 Å². The summed E-state index contributed by atoms with van der Waals surface area (Å²) in [6.45, 7) is 4.40. The second-order valence-corrected chi connectivity index (χ2v) is 6.14. The first kappa shape index (κ1) is 13.2. The fourth-order valence-corrected chi connectivity index (χ4v) is 2.78. The monoisotopic (exact) mass is 270 g/mol. The Morgan fingerprint density at radius 3 is 2.50 bits per heavy atom. The highest BCUT2D eigenvalue weighted by Crippen LogP contribution is 2.36. The van der Waals surface area contributed by atoms with Gasteiger partial charge in [0.25, 0.3) is 0 Å². The van der Waals surface area contributed by atoms with Crippen LogP contribution in [0.3, 0.4) is 0 Å². The third-order valence-corrected chi connectivity index (χ3v) is 4.35. The average molecular weight is 270 g/mol. The lowest BCUT2D eigenvalue weighted by Crippen LogP contribution is -2.13. The quantitative estimate of drug-likeness (QED) is 0.896. The number of benzene rings is 1. The molecule has 0 bridgehead atoms. The van der Waals surface area contributed by atoms with Crippen molar-refractivity contribution in [3.8, 4) is 11.1 Å². The van der Waals surface area contributed by atoms with Gasteiger partial charge in [0.15, 0.2) is 5.82 Å². The third-order valence-electron chi connectivity index (χ3n) is 4.35. The predicted octanol–water partition coefficient (Wildman–Crippen LogP) is 4.39. The molecule has 0 unspecified atom stereocenters. The van der Waals surface area contributed by atoms with Crippen molar-refractivity contribution in [3.05, 3.63) is 35.6 Å². The lowest BCUT2D eigenvalue weighted by Gasteiger charge is -2.24. The van der Waals surface area contributed by atoms with Gasteiger partial charge in [0.2, 0.25) is 0 Å². The van der Waals surface area contributed by atoms with Crippen LogP contribution >= 0.6 is 0 Å². The zero-order valence-corrected chi connectivity index (χ0v) is 12.2. The minimum Gasteiger partial charge on any atom is -0.380 e. The highest BCUT2D eigenvalue weighted by Gasteiger charge is 2.23. The maximum Gasteiger partial charge on any atom is 0.175 e. The number of rotatable bonds is 4. The standard InChI is InChI=1S/C17H22N2O/c1-11(2)13-6-8-14(9-7-13)16-15(20-19-17(16)18)10-12-4-3-5-12/h6-9,11-12H,3-5,10H2,1-2H3,(H2,18,19). The van der Waals surface area contributed by atoms with Gasteiger partial charge in [0, 0.05) is 6.42 Å². The van der Waals surface area contributed by atoms with Crippen molar-refractivity contribution < 1.29 is 4.52 Å². The van der Waals surface area contributed by atoms with E-state index in [2.05, 4.69) is 43.3 Å². The van der Waals surface area contributed by atoms with E-state index in [1.807, 2.05) is 0 Å². The summed E-state index contributed by atoms with van der Waals surface area (Å²) in [5.41, 5.74) is 9.45. The molecule has 0 saturated heterocycles. The molecule has 1 fully saturated rings. The number of hydrogen-bond donors (Lipinski definition) is 1. The van der Waals surface area contributed by atoms with E-state index in [1.165, 1.54) is 24.8 Å². The van der Waals surface area contributed by atoms with Gasteiger partial charge >= 0.3 is 0 Å². The third kappa shape index (κ3) is 2.45. The molecule has 20 heavy (non-hydrogen) atoms. The van der Waals surface area contributed by atoms with Crippen LogP contribution in [0.2, 0.25) is 0 Å². The van der Waals surface area contributed by atoms with Crippen LogP contribution in [-0.4, -0.2) is 5.16 Å². The molecule has 1 saturated carbocycles. The van der Waals surface area contributed by atoms with Crippen molar-refractivity contribution in [2.45, 2.75) is 45.4 Å². The Bertz CT molecular complexity index is 580. The second-order valence-electron chi connectivity index (χ2n) is 6.14. The van der Waals surface area contributed by atoms with Gasteiger partial charge in [-0.3, -0.25) is 0 Å². The fourth-order valence-electron chi connectivity index (χ4n) is 2.78. The Balaban J connectivity index is 1.89. The zero-order valence-electron chi connectivity index (χ0n) is 12.2. The molecule has 1 aromatic carbocycles. The lowest BCUT2D eigenvalue weighted by atomic mass is 9.81. The van der Waals surface area contributed by atoms with Crippen molar-refractivity contribution in [2.24, 2.45) is 5.92 Å². The van der Waals surface area contributed by atoms with E-state index in [-0.39, 0.29) is 0 Å². The van der Waals surface area contributed by atoms with E-state index in [0.29, 0.717) is 11.7 Å². The molecule has 0 amide bonds. The van der Waals surface area contributed by atoms with Gasteiger partial charge in [-0.05, 0) is 23.0 Å². The summed E-state index contributed by atoms with van der Waals surface area (Å²) in [5.74, 6) is 2.75. The summed E-state index contributed by atoms with van der Waals surface area (Å²) < 4.78 is 5.46. The molecule has 3 rings (SSSR count). The van der Waals surface area contributed by atoms with Gasteiger partial charge in [0.05, 0.1) is 5.56 Å². The van der Waals surface area contributed by atoms with Crippen LogP contribution in [0.25, 0.3) is 11.1 Å². The van der Waals surface area contributed by atoms with Crippen molar-refractivity contribution in [3.63, 3.8) is 0 Å². The van der Waals surface area contributed by atoms with Crippen molar-refractivity contribution in [1.82, 2.24) is 5.16 Å². The molecule has 0 spiro atoms. The highest BCUT2D eigenvalue weighted by molar-refractivity contribution is 5.75. The van der Waals surface area contributed by atoms with E-state index in [0.717, 1.165) is 29.2 Å². The van der Waals surface area contributed by atoms with E-state index in [4.69, 9.17) is 10.3 Å². The Morgan fingerprint density at radius 1 is 1.25 bits per heavy atom. The Morgan fingerprint density at radius 2 is 1.95 bits per heavy atom. The van der Waals surface area contributed by atoms with Gasteiger partial charge < -0.3 is 10.3 Å². The summed E-state index contributed by atoms with van der Waals surface area (Å²) in [5, 5.41) is 3.96. The molecule has 1 heterocycles. The zero-order chi connectivity index (χ0) is 14.1. The molecule has 1 aliphatic carbocycles. The van der Waals surface area contributed by atoms with Crippen molar-refractivity contribution in [2.75, 3.05) is 5.73 Å². The molecular weight excluding hydrogens is 248 g/mol. The smallest absolute Gasteiger partial charge is 0.175 e. The normalized spacial score (nSPS) is 15.6. The summed E-state index contributed by atoms with van der Waals surface area (Å²) >= 11 is 0. The maximum atomic E-state index is 6.00. The van der Waals surface area contributed by atoms with Gasteiger partial charge in [-0.25, -0.2) is 0 Å². The molecule has 1 aromatic heterocycles.